The first kappa shape index (κ1) is 11.0. The highest BCUT2D eigenvalue weighted by molar-refractivity contribution is 6.20. The molecule has 1 fully saturated rings. The highest BCUT2D eigenvalue weighted by atomic mass is 35.5. The van der Waals surface area contributed by atoms with Gasteiger partial charge in [-0.1, -0.05) is 30.2 Å². The molecule has 0 nitrogen and oxygen atoms in total. The van der Waals surface area contributed by atoms with E-state index in [1.807, 2.05) is 0 Å². The maximum absolute atomic E-state index is 6.25. The topological polar surface area (TPSA) is 0 Å². The summed E-state index contributed by atoms with van der Waals surface area (Å²) in [7, 11) is 0. The maximum atomic E-state index is 6.25. The summed E-state index contributed by atoms with van der Waals surface area (Å²) in [4.78, 5) is 0. The van der Waals surface area contributed by atoms with Gasteiger partial charge < -0.3 is 0 Å². The summed E-state index contributed by atoms with van der Waals surface area (Å²) in [6.07, 6.45) is 4.95. The van der Waals surface area contributed by atoms with E-state index in [4.69, 9.17) is 11.6 Å². The van der Waals surface area contributed by atoms with Gasteiger partial charge in [0, 0.05) is 5.38 Å². The largest absolute Gasteiger partial charge is 0.123 e. The fourth-order valence-electron chi connectivity index (χ4n) is 2.61. The Morgan fingerprint density at radius 1 is 1.20 bits per heavy atom. The van der Waals surface area contributed by atoms with E-state index in [-0.39, 0.29) is 0 Å². The number of hydrogen-bond donors (Lipinski definition) is 0. The van der Waals surface area contributed by atoms with Gasteiger partial charge in [-0.25, -0.2) is 0 Å². The molecule has 0 spiro atoms. The van der Waals surface area contributed by atoms with Crippen molar-refractivity contribution in [3.8, 4) is 0 Å². The van der Waals surface area contributed by atoms with Gasteiger partial charge in [0.05, 0.1) is 0 Å². The molecule has 0 aromatic heterocycles. The maximum Gasteiger partial charge on any atom is 0.0341 e. The summed E-state index contributed by atoms with van der Waals surface area (Å²) in [6, 6.07) is 6.78. The van der Waals surface area contributed by atoms with Crippen molar-refractivity contribution < 1.29 is 0 Å². The minimum atomic E-state index is 0.392. The van der Waals surface area contributed by atoms with E-state index >= 15 is 0 Å². The lowest BCUT2D eigenvalue weighted by atomic mass is 9.81. The summed E-state index contributed by atoms with van der Waals surface area (Å²) in [5.41, 5.74) is 4.32. The highest BCUT2D eigenvalue weighted by Gasteiger charge is 2.22. The standard InChI is InChI=1S/C14H19Cl/c1-10-6-7-11(2)14(8-10)12-4-3-5-13(15)9-12/h6-8,12-13H,3-5,9H2,1-2H3. The van der Waals surface area contributed by atoms with Crippen LogP contribution in [-0.2, 0) is 0 Å². The third-order valence-corrected chi connectivity index (χ3v) is 3.88. The Kier molecular flexibility index (Phi) is 3.35. The molecule has 0 radical (unpaired) electrons. The minimum absolute atomic E-state index is 0.392. The smallest absolute Gasteiger partial charge is 0.0341 e. The van der Waals surface area contributed by atoms with Gasteiger partial charge in [-0.15, -0.1) is 11.6 Å². The van der Waals surface area contributed by atoms with Crippen molar-refractivity contribution in [3.05, 3.63) is 34.9 Å². The van der Waals surface area contributed by atoms with Gasteiger partial charge in [-0.2, -0.15) is 0 Å². The second-order valence-electron chi connectivity index (χ2n) is 4.82. The van der Waals surface area contributed by atoms with E-state index in [0.717, 1.165) is 6.42 Å². The third-order valence-electron chi connectivity index (χ3n) is 3.48. The molecule has 2 rings (SSSR count). The molecule has 0 heterocycles. The van der Waals surface area contributed by atoms with Gasteiger partial charge in [-0.3, -0.25) is 0 Å². The lowest BCUT2D eigenvalue weighted by Crippen LogP contribution is -2.14. The average molecular weight is 223 g/mol. The quantitative estimate of drug-likeness (QED) is 0.611. The molecule has 1 heteroatoms. The molecule has 2 unspecified atom stereocenters. The molecule has 1 aromatic rings. The molecule has 0 bridgehead atoms. The van der Waals surface area contributed by atoms with Crippen LogP contribution in [0.15, 0.2) is 18.2 Å². The fourth-order valence-corrected chi connectivity index (χ4v) is 2.98. The molecule has 1 aliphatic carbocycles. The van der Waals surface area contributed by atoms with E-state index in [0.29, 0.717) is 11.3 Å². The second kappa shape index (κ2) is 4.57. The molecule has 2 atom stereocenters. The van der Waals surface area contributed by atoms with E-state index < -0.39 is 0 Å². The summed E-state index contributed by atoms with van der Waals surface area (Å²) >= 11 is 6.25. The first-order valence-electron chi connectivity index (χ1n) is 5.88. The van der Waals surface area contributed by atoms with Crippen LogP contribution in [0.1, 0.15) is 48.3 Å². The van der Waals surface area contributed by atoms with Crippen molar-refractivity contribution in [2.75, 3.05) is 0 Å². The highest BCUT2D eigenvalue weighted by Crippen LogP contribution is 2.36. The Labute approximate surface area is 97.6 Å². The van der Waals surface area contributed by atoms with Crippen LogP contribution in [0.3, 0.4) is 0 Å². The third kappa shape index (κ3) is 2.55. The first-order valence-corrected chi connectivity index (χ1v) is 6.31. The molecule has 0 amide bonds. The van der Waals surface area contributed by atoms with Crippen LogP contribution in [0.4, 0.5) is 0 Å². The van der Waals surface area contributed by atoms with Crippen LogP contribution in [0.5, 0.6) is 0 Å². The van der Waals surface area contributed by atoms with Crippen molar-refractivity contribution >= 4 is 11.6 Å². The molecule has 1 saturated carbocycles. The van der Waals surface area contributed by atoms with Gasteiger partial charge >= 0.3 is 0 Å². The minimum Gasteiger partial charge on any atom is -0.123 e. The van der Waals surface area contributed by atoms with Crippen LogP contribution in [0.2, 0.25) is 0 Å². The van der Waals surface area contributed by atoms with Gasteiger partial charge in [-0.05, 0) is 50.2 Å². The average Bonchev–Trinajstić information content (AvgIpc) is 2.22. The first-order chi connectivity index (χ1) is 7.16. The Morgan fingerprint density at radius 2 is 2.00 bits per heavy atom. The normalized spacial score (nSPS) is 26.6. The number of aryl methyl sites for hydroxylation is 2. The van der Waals surface area contributed by atoms with Gasteiger partial charge in [0.1, 0.15) is 0 Å². The lowest BCUT2D eigenvalue weighted by Gasteiger charge is -2.27. The van der Waals surface area contributed by atoms with E-state index in [9.17, 15) is 0 Å². The van der Waals surface area contributed by atoms with E-state index in [1.165, 1.54) is 36.0 Å². The predicted octanol–water partition coefficient (Wildman–Crippen LogP) is 4.57. The predicted molar refractivity (Wildman–Crippen MR) is 66.8 cm³/mol. The molecule has 0 saturated heterocycles. The van der Waals surface area contributed by atoms with Crippen molar-refractivity contribution in [2.45, 2.75) is 50.8 Å². The SMILES string of the molecule is Cc1ccc(C)c(C2CCCC(Cl)C2)c1. The zero-order valence-corrected chi connectivity index (χ0v) is 10.3. The number of hydrogen-bond acceptors (Lipinski definition) is 0. The van der Waals surface area contributed by atoms with Gasteiger partial charge in [0.25, 0.3) is 0 Å². The Bertz CT molecular complexity index is 343. The van der Waals surface area contributed by atoms with Gasteiger partial charge in [0.15, 0.2) is 0 Å². The molecule has 0 aliphatic heterocycles. The van der Waals surface area contributed by atoms with E-state index in [1.54, 1.807) is 0 Å². The van der Waals surface area contributed by atoms with Crippen LogP contribution in [-0.4, -0.2) is 5.38 Å². The molecular formula is C14H19Cl. The fraction of sp³-hybridized carbons (Fsp3) is 0.571. The van der Waals surface area contributed by atoms with Crippen molar-refractivity contribution in [1.29, 1.82) is 0 Å². The number of halogens is 1. The zero-order chi connectivity index (χ0) is 10.8. The molecule has 15 heavy (non-hydrogen) atoms. The number of benzene rings is 1. The molecule has 82 valence electrons. The summed E-state index contributed by atoms with van der Waals surface area (Å²) in [5.74, 6) is 0.696. The number of alkyl halides is 1. The van der Waals surface area contributed by atoms with Crippen molar-refractivity contribution in [2.24, 2.45) is 0 Å². The Hall–Kier alpha value is -0.490. The molecule has 1 aliphatic rings. The van der Waals surface area contributed by atoms with E-state index in [2.05, 4.69) is 32.0 Å². The zero-order valence-electron chi connectivity index (χ0n) is 9.59. The van der Waals surface area contributed by atoms with Crippen LogP contribution in [0.25, 0.3) is 0 Å². The summed E-state index contributed by atoms with van der Waals surface area (Å²) in [5, 5.41) is 0.392. The monoisotopic (exact) mass is 222 g/mol. The second-order valence-corrected chi connectivity index (χ2v) is 5.44. The van der Waals surface area contributed by atoms with Gasteiger partial charge in [0.2, 0.25) is 0 Å². The van der Waals surface area contributed by atoms with Crippen LogP contribution in [0, 0.1) is 13.8 Å². The summed E-state index contributed by atoms with van der Waals surface area (Å²) in [6.45, 7) is 4.39. The van der Waals surface area contributed by atoms with Crippen LogP contribution >= 0.6 is 11.6 Å². The molecule has 0 N–H and O–H groups in total. The van der Waals surface area contributed by atoms with Crippen LogP contribution < -0.4 is 0 Å². The number of rotatable bonds is 1. The summed E-state index contributed by atoms with van der Waals surface area (Å²) < 4.78 is 0. The molecular weight excluding hydrogens is 204 g/mol. The molecule has 1 aromatic carbocycles. The lowest BCUT2D eigenvalue weighted by molar-refractivity contribution is 0.448. The van der Waals surface area contributed by atoms with Crippen molar-refractivity contribution in [3.63, 3.8) is 0 Å². The Morgan fingerprint density at radius 3 is 2.73 bits per heavy atom. The Balaban J connectivity index is 2.24. The van der Waals surface area contributed by atoms with Crippen molar-refractivity contribution in [1.82, 2.24) is 0 Å².